The summed E-state index contributed by atoms with van der Waals surface area (Å²) in [4.78, 5) is 18.7. The molecule has 0 radical (unpaired) electrons. The van der Waals surface area contributed by atoms with E-state index in [9.17, 15) is 9.90 Å². The summed E-state index contributed by atoms with van der Waals surface area (Å²) in [6.45, 7) is 0.686. The van der Waals surface area contributed by atoms with E-state index >= 15 is 0 Å². The highest BCUT2D eigenvalue weighted by Crippen LogP contribution is 2.27. The summed E-state index contributed by atoms with van der Waals surface area (Å²) in [5.41, 5.74) is 0.551. The van der Waals surface area contributed by atoms with Crippen molar-refractivity contribution in [2.45, 2.75) is 25.3 Å². The molecule has 3 rings (SSSR count). The van der Waals surface area contributed by atoms with Gasteiger partial charge in [-0.05, 0) is 24.6 Å². The zero-order chi connectivity index (χ0) is 14.8. The molecule has 1 aliphatic rings. The fourth-order valence-electron chi connectivity index (χ4n) is 2.94. The lowest BCUT2D eigenvalue weighted by atomic mass is 10.00. The Morgan fingerprint density at radius 2 is 2.10 bits per heavy atom. The van der Waals surface area contributed by atoms with Gasteiger partial charge in [-0.3, -0.25) is 4.79 Å². The maximum Gasteiger partial charge on any atom is 0.256 e. The van der Waals surface area contributed by atoms with Crippen LogP contribution in [0.15, 0.2) is 30.5 Å². The van der Waals surface area contributed by atoms with Crippen LogP contribution in [0.4, 0.5) is 0 Å². The highest BCUT2D eigenvalue weighted by molar-refractivity contribution is 6.34. The maximum absolute atomic E-state index is 12.8. The third-order valence-corrected chi connectivity index (χ3v) is 4.38. The number of aromatic nitrogens is 1. The van der Waals surface area contributed by atoms with Crippen molar-refractivity contribution >= 4 is 28.3 Å². The van der Waals surface area contributed by atoms with Crippen LogP contribution in [0.1, 0.15) is 29.6 Å². The van der Waals surface area contributed by atoms with Crippen LogP contribution in [0.5, 0.6) is 0 Å². The van der Waals surface area contributed by atoms with Gasteiger partial charge in [-0.15, -0.1) is 0 Å². The van der Waals surface area contributed by atoms with Crippen molar-refractivity contribution < 1.29 is 9.90 Å². The van der Waals surface area contributed by atoms with E-state index < -0.39 is 0 Å². The average Bonchev–Trinajstić information content (AvgIpc) is 2.55. The topological polar surface area (TPSA) is 53.4 Å². The van der Waals surface area contributed by atoms with Gasteiger partial charge in [0.05, 0.1) is 18.2 Å². The van der Waals surface area contributed by atoms with E-state index in [1.807, 2.05) is 24.3 Å². The second-order valence-electron chi connectivity index (χ2n) is 5.34. The first-order valence-electron chi connectivity index (χ1n) is 7.17. The molecule has 21 heavy (non-hydrogen) atoms. The molecule has 0 bridgehead atoms. The van der Waals surface area contributed by atoms with Crippen LogP contribution in [-0.4, -0.2) is 40.1 Å². The Morgan fingerprint density at radius 3 is 2.86 bits per heavy atom. The van der Waals surface area contributed by atoms with Crippen molar-refractivity contribution in [2.75, 3.05) is 13.2 Å². The van der Waals surface area contributed by atoms with Gasteiger partial charge in [-0.1, -0.05) is 35.9 Å². The normalized spacial score (nSPS) is 19.0. The fourth-order valence-corrected chi connectivity index (χ4v) is 3.15. The van der Waals surface area contributed by atoms with Crippen molar-refractivity contribution in [3.8, 4) is 0 Å². The predicted molar refractivity (Wildman–Crippen MR) is 82.5 cm³/mol. The summed E-state index contributed by atoms with van der Waals surface area (Å²) in [7, 11) is 0. The van der Waals surface area contributed by atoms with Crippen LogP contribution < -0.4 is 0 Å². The summed E-state index contributed by atoms with van der Waals surface area (Å²) in [6.07, 6.45) is 4.41. The number of carbonyl (C=O) groups is 1. The predicted octanol–water partition coefficient (Wildman–Crippen LogP) is 2.88. The molecule has 1 atom stereocenters. The Morgan fingerprint density at radius 1 is 1.33 bits per heavy atom. The summed E-state index contributed by atoms with van der Waals surface area (Å²) in [5.74, 6) is -0.0749. The van der Waals surface area contributed by atoms with Gasteiger partial charge in [-0.2, -0.15) is 0 Å². The van der Waals surface area contributed by atoms with Gasteiger partial charge < -0.3 is 10.0 Å². The van der Waals surface area contributed by atoms with Gasteiger partial charge in [0.1, 0.15) is 5.15 Å². The lowest BCUT2D eigenvalue weighted by Gasteiger charge is -2.34. The third kappa shape index (κ3) is 2.61. The van der Waals surface area contributed by atoms with Crippen LogP contribution in [0.2, 0.25) is 5.15 Å². The molecule has 2 aromatic rings. The van der Waals surface area contributed by atoms with Gasteiger partial charge in [0, 0.05) is 18.1 Å². The molecular weight excluding hydrogens is 288 g/mol. The average molecular weight is 305 g/mol. The first-order valence-corrected chi connectivity index (χ1v) is 7.55. The van der Waals surface area contributed by atoms with E-state index in [1.165, 1.54) is 6.20 Å². The van der Waals surface area contributed by atoms with Crippen LogP contribution in [-0.2, 0) is 0 Å². The van der Waals surface area contributed by atoms with Gasteiger partial charge in [0.25, 0.3) is 5.91 Å². The second-order valence-corrected chi connectivity index (χ2v) is 5.70. The van der Waals surface area contributed by atoms with Crippen molar-refractivity contribution in [2.24, 2.45) is 0 Å². The van der Waals surface area contributed by atoms with E-state index in [-0.39, 0.29) is 18.6 Å². The lowest BCUT2D eigenvalue weighted by molar-refractivity contribution is 0.0504. The quantitative estimate of drug-likeness (QED) is 0.868. The summed E-state index contributed by atoms with van der Waals surface area (Å²) in [5, 5.41) is 11.5. The Hall–Kier alpha value is -1.65. The smallest absolute Gasteiger partial charge is 0.256 e. The number of carbonyl (C=O) groups excluding carboxylic acids is 1. The largest absolute Gasteiger partial charge is 0.394 e. The molecule has 1 unspecified atom stereocenters. The van der Waals surface area contributed by atoms with Crippen LogP contribution in [0.3, 0.4) is 0 Å². The zero-order valence-electron chi connectivity index (χ0n) is 11.6. The number of hydrogen-bond donors (Lipinski definition) is 1. The minimum atomic E-state index is -0.0966. The zero-order valence-corrected chi connectivity index (χ0v) is 12.4. The second kappa shape index (κ2) is 6.00. The van der Waals surface area contributed by atoms with Crippen LogP contribution in [0.25, 0.3) is 10.8 Å². The molecule has 1 saturated heterocycles. The molecule has 1 aromatic heterocycles. The molecule has 5 heteroatoms. The number of aliphatic hydroxyl groups is 1. The minimum absolute atomic E-state index is 0.00465. The highest BCUT2D eigenvalue weighted by atomic mass is 35.5. The lowest BCUT2D eigenvalue weighted by Crippen LogP contribution is -2.45. The maximum atomic E-state index is 12.8. The number of piperidine rings is 1. The van der Waals surface area contributed by atoms with Crippen LogP contribution in [0, 0.1) is 0 Å². The van der Waals surface area contributed by atoms with E-state index in [1.54, 1.807) is 4.90 Å². The van der Waals surface area contributed by atoms with Crippen molar-refractivity contribution in [1.29, 1.82) is 0 Å². The standard InChI is InChI=1S/C16H17ClN2O2/c17-15-13-7-2-1-6-12(13)14(9-18-15)16(21)19-8-4-3-5-11(19)10-20/h1-2,6-7,9,11,20H,3-5,8,10H2. The van der Waals surface area contributed by atoms with Crippen molar-refractivity contribution in [1.82, 2.24) is 9.88 Å². The van der Waals surface area contributed by atoms with Crippen LogP contribution >= 0.6 is 11.6 Å². The molecule has 0 saturated carbocycles. The molecule has 2 heterocycles. The summed E-state index contributed by atoms with van der Waals surface area (Å²) < 4.78 is 0. The molecule has 4 nitrogen and oxygen atoms in total. The Balaban J connectivity index is 2.03. The number of pyridine rings is 1. The molecule has 110 valence electrons. The fraction of sp³-hybridized carbons (Fsp3) is 0.375. The molecule has 1 aromatic carbocycles. The number of hydrogen-bond acceptors (Lipinski definition) is 3. The summed E-state index contributed by atoms with van der Waals surface area (Å²) >= 11 is 6.10. The van der Waals surface area contributed by atoms with E-state index in [2.05, 4.69) is 4.98 Å². The van der Waals surface area contributed by atoms with Gasteiger partial charge in [0.2, 0.25) is 0 Å². The number of amides is 1. The molecule has 1 N–H and O–H groups in total. The van der Waals surface area contributed by atoms with Crippen molar-refractivity contribution in [3.63, 3.8) is 0 Å². The number of nitrogens with zero attached hydrogens (tertiary/aromatic N) is 2. The monoisotopic (exact) mass is 304 g/mol. The van der Waals surface area contributed by atoms with Gasteiger partial charge >= 0.3 is 0 Å². The molecular formula is C16H17ClN2O2. The van der Waals surface area contributed by atoms with Gasteiger partial charge in [-0.25, -0.2) is 4.98 Å². The van der Waals surface area contributed by atoms with E-state index in [0.717, 1.165) is 30.0 Å². The molecule has 1 fully saturated rings. The Bertz CT molecular complexity index is 674. The Labute approximate surface area is 128 Å². The highest BCUT2D eigenvalue weighted by Gasteiger charge is 2.28. The number of aliphatic hydroxyl groups excluding tert-OH is 1. The SMILES string of the molecule is O=C(c1cnc(Cl)c2ccccc12)N1CCCCC1CO. The van der Waals surface area contributed by atoms with Crippen molar-refractivity contribution in [3.05, 3.63) is 41.2 Å². The number of fused-ring (bicyclic) bond motifs is 1. The van der Waals surface area contributed by atoms with E-state index in [0.29, 0.717) is 17.3 Å². The van der Waals surface area contributed by atoms with E-state index in [4.69, 9.17) is 11.6 Å². The van der Waals surface area contributed by atoms with Gasteiger partial charge in [0.15, 0.2) is 0 Å². The number of benzene rings is 1. The third-order valence-electron chi connectivity index (χ3n) is 4.08. The number of halogens is 1. The number of rotatable bonds is 2. The molecule has 0 aliphatic carbocycles. The first-order chi connectivity index (χ1) is 10.2. The summed E-state index contributed by atoms with van der Waals surface area (Å²) in [6, 6.07) is 7.41. The minimum Gasteiger partial charge on any atom is -0.394 e. The molecule has 1 amide bonds. The molecule has 1 aliphatic heterocycles. The first kappa shape index (κ1) is 14.3. The Kier molecular flexibility index (Phi) is 4.08. The number of likely N-dealkylation sites (tertiary alicyclic amines) is 1. The molecule has 0 spiro atoms.